The number of carbonyl (C=O) groups excluding carboxylic acids is 1. The molecule has 6 heteroatoms. The van der Waals surface area contributed by atoms with Crippen molar-refractivity contribution in [2.24, 2.45) is 33.6 Å². The van der Waals surface area contributed by atoms with Gasteiger partial charge in [0.1, 0.15) is 12.2 Å². The molecule has 4 rings (SSSR count). The molecule has 5 nitrogen and oxygen atoms in total. The van der Waals surface area contributed by atoms with Crippen LogP contribution in [-0.4, -0.2) is 57.0 Å². The zero-order valence-electron chi connectivity index (χ0n) is 17.7. The van der Waals surface area contributed by atoms with Crippen LogP contribution < -0.4 is 0 Å². The molecule has 0 spiro atoms. The highest BCUT2D eigenvalue weighted by atomic mass is 35.5. The van der Waals surface area contributed by atoms with E-state index in [0.717, 1.165) is 18.6 Å². The van der Waals surface area contributed by atoms with Crippen LogP contribution >= 0.6 is 11.6 Å². The van der Waals surface area contributed by atoms with E-state index in [0.29, 0.717) is 6.42 Å². The van der Waals surface area contributed by atoms with Gasteiger partial charge < -0.3 is 15.3 Å². The summed E-state index contributed by atoms with van der Waals surface area (Å²) in [4.78, 5) is 16.0. The van der Waals surface area contributed by atoms with Gasteiger partial charge in [0.05, 0.1) is 16.7 Å². The largest absolute Gasteiger partial charge is 0.391 e. The van der Waals surface area contributed by atoms with Gasteiger partial charge in [-0.15, -0.1) is 11.6 Å². The summed E-state index contributed by atoms with van der Waals surface area (Å²) in [5.41, 5.74) is -0.892. The number of rotatable bonds is 2. The van der Waals surface area contributed by atoms with Crippen LogP contribution in [0, 0.1) is 28.6 Å². The summed E-state index contributed by atoms with van der Waals surface area (Å²) in [6, 6.07) is 0. The van der Waals surface area contributed by atoms with Crippen molar-refractivity contribution in [3.05, 3.63) is 23.8 Å². The summed E-state index contributed by atoms with van der Waals surface area (Å²) in [5, 5.41) is 32.6. The van der Waals surface area contributed by atoms with Crippen LogP contribution in [0.1, 0.15) is 46.5 Å². The summed E-state index contributed by atoms with van der Waals surface area (Å²) in [6.45, 7) is 5.18. The average Bonchev–Trinajstić information content (AvgIpc) is 2.89. The number of alkyl halides is 1. The molecule has 0 saturated heterocycles. The lowest BCUT2D eigenvalue weighted by molar-refractivity contribution is -0.179. The summed E-state index contributed by atoms with van der Waals surface area (Å²) >= 11 is 7.42. The number of fused-ring (bicyclic) bond motifs is 5. The van der Waals surface area contributed by atoms with E-state index >= 15 is 0 Å². The molecule has 0 heterocycles. The molecule has 0 bridgehead atoms. The quantitative estimate of drug-likeness (QED) is 0.598. The van der Waals surface area contributed by atoms with E-state index in [2.05, 4.69) is 24.1 Å². The Morgan fingerprint density at radius 3 is 2.66 bits per heavy atom. The predicted molar refractivity (Wildman–Crippen MR) is 113 cm³/mol. The maximum atomic E-state index is 12.7. The van der Waals surface area contributed by atoms with E-state index in [1.54, 1.807) is 7.05 Å². The minimum absolute atomic E-state index is 0.00749. The summed E-state index contributed by atoms with van der Waals surface area (Å²) < 4.78 is 0. The van der Waals surface area contributed by atoms with Crippen molar-refractivity contribution in [1.82, 2.24) is 0 Å². The first-order valence-corrected chi connectivity index (χ1v) is 11.0. The molecule has 3 N–H and O–H groups in total. The second-order valence-corrected chi connectivity index (χ2v) is 10.6. The Hall–Kier alpha value is -1.01. The Kier molecular flexibility index (Phi) is 4.75. The molecule has 0 amide bonds. The third-order valence-electron chi connectivity index (χ3n) is 9.06. The SMILES string of the molecule is C/N=C1\C=C[C@@]2(C)C(=C1)CC[C@H]1[C@@H]3C[C@H](C)[C@](O)(C(=O)CO)[C@@]3(C)C[C@H](O)[C@@]12Cl. The number of carbonyl (C=O) groups is 1. The van der Waals surface area contributed by atoms with Crippen molar-refractivity contribution in [3.8, 4) is 0 Å². The van der Waals surface area contributed by atoms with Crippen LogP contribution in [-0.2, 0) is 4.79 Å². The number of aliphatic imine (C=N–C) groups is 1. The molecule has 0 aliphatic heterocycles. The normalized spacial score (nSPS) is 52.6. The van der Waals surface area contributed by atoms with Crippen LogP contribution in [0.5, 0.6) is 0 Å². The first-order valence-electron chi connectivity index (χ1n) is 10.6. The number of Topliss-reactive ketones (excluding diaryl/α,β-unsaturated/α-hetero) is 1. The van der Waals surface area contributed by atoms with E-state index < -0.39 is 39.8 Å². The Morgan fingerprint density at radius 2 is 2.03 bits per heavy atom. The number of aliphatic hydroxyl groups excluding tert-OH is 2. The lowest BCUT2D eigenvalue weighted by Gasteiger charge is -2.64. The number of halogens is 1. The first-order chi connectivity index (χ1) is 13.5. The molecule has 0 radical (unpaired) electrons. The Balaban J connectivity index is 1.83. The van der Waals surface area contributed by atoms with Crippen LogP contribution in [0.3, 0.4) is 0 Å². The second-order valence-electron chi connectivity index (χ2n) is 10.00. The maximum absolute atomic E-state index is 12.7. The van der Waals surface area contributed by atoms with Crippen molar-refractivity contribution in [1.29, 1.82) is 0 Å². The van der Waals surface area contributed by atoms with Gasteiger partial charge in [0.15, 0.2) is 5.78 Å². The van der Waals surface area contributed by atoms with E-state index in [4.69, 9.17) is 11.6 Å². The van der Waals surface area contributed by atoms with Crippen LogP contribution in [0.25, 0.3) is 0 Å². The highest BCUT2D eigenvalue weighted by Crippen LogP contribution is 2.71. The molecule has 8 atom stereocenters. The van der Waals surface area contributed by atoms with Gasteiger partial charge in [0.25, 0.3) is 0 Å². The number of hydrogen-bond acceptors (Lipinski definition) is 5. The zero-order chi connectivity index (χ0) is 21.4. The highest BCUT2D eigenvalue weighted by molar-refractivity contribution is 6.26. The summed E-state index contributed by atoms with van der Waals surface area (Å²) in [5.74, 6) is -0.901. The molecule has 4 aliphatic rings. The Bertz CT molecular complexity index is 837. The standard InChI is InChI=1S/C23H32ClNO4/c1-13-9-17-16-6-5-14-10-15(25-4)7-8-20(14,2)22(16,24)18(27)11-21(17,3)23(13,29)19(28)12-26/h7-8,10,13,16-18,26-27,29H,5-6,9,11-12H2,1-4H3/b25-15+/t13-,16-,17-,18-,20-,21-,22-,23-/m0/s1. The van der Waals surface area contributed by atoms with Crippen molar-refractivity contribution >= 4 is 23.1 Å². The smallest absolute Gasteiger partial charge is 0.190 e. The van der Waals surface area contributed by atoms with Crippen molar-refractivity contribution in [3.63, 3.8) is 0 Å². The molecular formula is C23H32ClNO4. The van der Waals surface area contributed by atoms with E-state index in [1.165, 1.54) is 5.57 Å². The topological polar surface area (TPSA) is 90.1 Å². The molecule has 160 valence electrons. The highest BCUT2D eigenvalue weighted by Gasteiger charge is 2.74. The molecule has 0 aromatic carbocycles. The second kappa shape index (κ2) is 6.49. The van der Waals surface area contributed by atoms with Gasteiger partial charge in [-0.25, -0.2) is 0 Å². The van der Waals surface area contributed by atoms with Crippen molar-refractivity contribution in [2.45, 2.75) is 63.0 Å². The van der Waals surface area contributed by atoms with E-state index in [-0.39, 0.29) is 24.2 Å². The summed E-state index contributed by atoms with van der Waals surface area (Å²) in [7, 11) is 1.77. The number of ketones is 1. The third kappa shape index (κ3) is 2.33. The number of nitrogens with zero attached hydrogens (tertiary/aromatic N) is 1. The van der Waals surface area contributed by atoms with Crippen LogP contribution in [0.4, 0.5) is 0 Å². The van der Waals surface area contributed by atoms with Gasteiger partial charge in [0.2, 0.25) is 0 Å². The Labute approximate surface area is 177 Å². The molecule has 0 unspecified atom stereocenters. The molecule has 0 aromatic rings. The molecule has 29 heavy (non-hydrogen) atoms. The van der Waals surface area contributed by atoms with Crippen LogP contribution in [0.2, 0.25) is 0 Å². The molecule has 0 aromatic heterocycles. The van der Waals surface area contributed by atoms with Gasteiger partial charge >= 0.3 is 0 Å². The third-order valence-corrected chi connectivity index (χ3v) is 9.99. The predicted octanol–water partition coefficient (Wildman–Crippen LogP) is 2.67. The van der Waals surface area contributed by atoms with Crippen molar-refractivity contribution in [2.75, 3.05) is 13.7 Å². The first kappa shape index (κ1) is 21.2. The number of allylic oxidation sites excluding steroid dienone is 4. The minimum atomic E-state index is -1.65. The van der Waals surface area contributed by atoms with Gasteiger partial charge in [-0.2, -0.15) is 0 Å². The zero-order valence-corrected chi connectivity index (χ0v) is 18.4. The fourth-order valence-corrected chi connectivity index (χ4v) is 7.93. The fraction of sp³-hybridized carbons (Fsp3) is 0.739. The maximum Gasteiger partial charge on any atom is 0.190 e. The molecular weight excluding hydrogens is 390 g/mol. The monoisotopic (exact) mass is 421 g/mol. The van der Waals surface area contributed by atoms with E-state index in [1.807, 2.05) is 19.9 Å². The van der Waals surface area contributed by atoms with Gasteiger partial charge in [-0.3, -0.25) is 9.79 Å². The number of aliphatic hydroxyl groups is 3. The average molecular weight is 422 g/mol. The molecule has 3 saturated carbocycles. The van der Waals surface area contributed by atoms with E-state index in [9.17, 15) is 20.1 Å². The van der Waals surface area contributed by atoms with Gasteiger partial charge in [-0.1, -0.05) is 32.4 Å². The minimum Gasteiger partial charge on any atom is -0.391 e. The number of hydrogen-bond donors (Lipinski definition) is 3. The lowest BCUT2D eigenvalue weighted by Crippen LogP contribution is -2.69. The van der Waals surface area contributed by atoms with Gasteiger partial charge in [-0.05, 0) is 55.6 Å². The van der Waals surface area contributed by atoms with Gasteiger partial charge in [0, 0.05) is 17.9 Å². The molecule has 3 fully saturated rings. The lowest BCUT2D eigenvalue weighted by atomic mass is 9.45. The molecule has 4 aliphatic carbocycles. The van der Waals surface area contributed by atoms with Crippen molar-refractivity contribution < 1.29 is 20.1 Å². The van der Waals surface area contributed by atoms with Crippen LogP contribution in [0.15, 0.2) is 28.8 Å². The Morgan fingerprint density at radius 1 is 1.34 bits per heavy atom. The summed E-state index contributed by atoms with van der Waals surface area (Å²) in [6.07, 6.45) is 7.78. The fourth-order valence-electron chi connectivity index (χ4n) is 7.41.